The van der Waals surface area contributed by atoms with Crippen LogP contribution in [0.25, 0.3) is 11.3 Å². The third kappa shape index (κ3) is 4.40. The second-order valence-electron chi connectivity index (χ2n) is 6.16. The van der Waals surface area contributed by atoms with Crippen LogP contribution in [0.2, 0.25) is 0 Å². The molecule has 0 atom stereocenters. The average molecular weight is 352 g/mol. The Kier molecular flexibility index (Phi) is 5.86. The highest BCUT2D eigenvalue weighted by molar-refractivity contribution is 5.61. The number of pyridine rings is 1. The summed E-state index contributed by atoms with van der Waals surface area (Å²) in [6.07, 6.45) is 5.67. The topological polar surface area (TPSA) is 52.4 Å². The number of para-hydroxylation sites is 2. The fourth-order valence-electron chi connectivity index (χ4n) is 2.82. The molecule has 2 heterocycles. The molecule has 3 aromatic rings. The van der Waals surface area contributed by atoms with Gasteiger partial charge in [0.25, 0.3) is 0 Å². The van der Waals surface area contributed by atoms with Crippen LogP contribution in [-0.2, 0) is 13.6 Å². The summed E-state index contributed by atoms with van der Waals surface area (Å²) in [4.78, 5) is 6.41. The van der Waals surface area contributed by atoms with Crippen LogP contribution in [0.15, 0.2) is 55.0 Å². The van der Waals surface area contributed by atoms with Crippen LogP contribution in [0.4, 0.5) is 0 Å². The molecule has 0 saturated heterocycles. The highest BCUT2D eigenvalue weighted by atomic mass is 16.5. The molecule has 0 fully saturated rings. The van der Waals surface area contributed by atoms with Crippen LogP contribution in [0.3, 0.4) is 0 Å². The Bertz CT molecular complexity index is 833. The molecule has 0 spiro atoms. The summed E-state index contributed by atoms with van der Waals surface area (Å²) in [6.45, 7) is 2.16. The Hall–Kier alpha value is -2.86. The van der Waals surface area contributed by atoms with Crippen molar-refractivity contribution in [2.24, 2.45) is 7.05 Å². The number of rotatable bonds is 8. The van der Waals surface area contributed by atoms with Gasteiger partial charge in [0, 0.05) is 49.9 Å². The van der Waals surface area contributed by atoms with Crippen molar-refractivity contribution in [1.82, 2.24) is 19.7 Å². The maximum Gasteiger partial charge on any atom is 0.161 e. The fourth-order valence-corrected chi connectivity index (χ4v) is 2.82. The summed E-state index contributed by atoms with van der Waals surface area (Å²) < 4.78 is 13.0. The van der Waals surface area contributed by atoms with E-state index in [0.717, 1.165) is 35.8 Å². The van der Waals surface area contributed by atoms with Gasteiger partial charge in [-0.15, -0.1) is 0 Å². The summed E-state index contributed by atoms with van der Waals surface area (Å²) in [5.41, 5.74) is 3.17. The minimum Gasteiger partial charge on any atom is -0.493 e. The molecular formula is C20H24N4O2. The first-order chi connectivity index (χ1) is 12.7. The Labute approximate surface area is 154 Å². The van der Waals surface area contributed by atoms with Crippen molar-refractivity contribution in [3.8, 4) is 22.8 Å². The van der Waals surface area contributed by atoms with E-state index >= 15 is 0 Å². The Morgan fingerprint density at radius 3 is 2.65 bits per heavy atom. The lowest BCUT2D eigenvalue weighted by Gasteiger charge is -2.17. The van der Waals surface area contributed by atoms with E-state index in [-0.39, 0.29) is 0 Å². The van der Waals surface area contributed by atoms with E-state index < -0.39 is 0 Å². The number of aryl methyl sites for hydroxylation is 1. The van der Waals surface area contributed by atoms with Gasteiger partial charge in [0.05, 0.1) is 12.8 Å². The summed E-state index contributed by atoms with van der Waals surface area (Å²) in [6, 6.07) is 11.6. The molecule has 0 aliphatic carbocycles. The van der Waals surface area contributed by atoms with E-state index in [1.54, 1.807) is 13.3 Å². The summed E-state index contributed by atoms with van der Waals surface area (Å²) in [7, 11) is 5.66. The first-order valence-electron chi connectivity index (χ1n) is 8.54. The number of benzene rings is 1. The zero-order chi connectivity index (χ0) is 18.4. The van der Waals surface area contributed by atoms with Gasteiger partial charge in [-0.1, -0.05) is 12.1 Å². The van der Waals surface area contributed by atoms with Gasteiger partial charge in [-0.2, -0.15) is 5.10 Å². The molecule has 26 heavy (non-hydrogen) atoms. The molecule has 3 rings (SSSR count). The Balaban J connectivity index is 1.60. The quantitative estimate of drug-likeness (QED) is 0.624. The van der Waals surface area contributed by atoms with Gasteiger partial charge in [-0.05, 0) is 31.3 Å². The van der Waals surface area contributed by atoms with E-state index in [4.69, 9.17) is 9.47 Å². The van der Waals surface area contributed by atoms with Crippen molar-refractivity contribution >= 4 is 0 Å². The first-order valence-corrected chi connectivity index (χ1v) is 8.54. The van der Waals surface area contributed by atoms with E-state index in [1.807, 2.05) is 54.3 Å². The summed E-state index contributed by atoms with van der Waals surface area (Å²) in [5, 5.41) is 4.59. The highest BCUT2D eigenvalue weighted by Crippen LogP contribution is 2.26. The van der Waals surface area contributed by atoms with Crippen LogP contribution < -0.4 is 9.47 Å². The zero-order valence-corrected chi connectivity index (χ0v) is 15.4. The van der Waals surface area contributed by atoms with Gasteiger partial charge < -0.3 is 9.47 Å². The smallest absolute Gasteiger partial charge is 0.161 e. The molecule has 0 radical (unpaired) electrons. The number of hydrogen-bond acceptors (Lipinski definition) is 5. The first kappa shape index (κ1) is 17.9. The third-order valence-electron chi connectivity index (χ3n) is 4.08. The Morgan fingerprint density at radius 1 is 1.12 bits per heavy atom. The van der Waals surface area contributed by atoms with Crippen molar-refractivity contribution in [2.45, 2.75) is 6.54 Å². The average Bonchev–Trinajstić information content (AvgIpc) is 3.03. The molecule has 0 aliphatic heterocycles. The standard InChI is InChI=1S/C20H24N4O2/c1-23(11-12-26-19-9-5-4-8-18(19)25-3)14-17-15-24(2)22-20(17)16-7-6-10-21-13-16/h4-10,13,15H,11-12,14H2,1-3H3. The van der Waals surface area contributed by atoms with Crippen LogP contribution in [0, 0.1) is 0 Å². The van der Waals surface area contributed by atoms with Gasteiger partial charge in [0.15, 0.2) is 11.5 Å². The number of aromatic nitrogens is 3. The van der Waals surface area contributed by atoms with Crippen LogP contribution >= 0.6 is 0 Å². The lowest BCUT2D eigenvalue weighted by molar-refractivity contribution is 0.226. The Morgan fingerprint density at radius 2 is 1.92 bits per heavy atom. The van der Waals surface area contributed by atoms with Crippen molar-refractivity contribution < 1.29 is 9.47 Å². The molecule has 6 nitrogen and oxygen atoms in total. The van der Waals surface area contributed by atoms with E-state index in [2.05, 4.69) is 28.2 Å². The molecule has 0 N–H and O–H groups in total. The van der Waals surface area contributed by atoms with E-state index in [0.29, 0.717) is 6.61 Å². The molecule has 136 valence electrons. The second kappa shape index (κ2) is 8.49. The molecule has 0 bridgehead atoms. The predicted molar refractivity (Wildman–Crippen MR) is 101 cm³/mol. The third-order valence-corrected chi connectivity index (χ3v) is 4.08. The molecule has 0 saturated carbocycles. The van der Waals surface area contributed by atoms with Crippen molar-refractivity contribution in [2.75, 3.05) is 27.3 Å². The number of methoxy groups -OCH3 is 1. The largest absolute Gasteiger partial charge is 0.493 e. The number of ether oxygens (including phenoxy) is 2. The lowest BCUT2D eigenvalue weighted by Crippen LogP contribution is -2.24. The number of nitrogens with zero attached hydrogens (tertiary/aromatic N) is 4. The molecule has 2 aromatic heterocycles. The van der Waals surface area contributed by atoms with Gasteiger partial charge in [0.2, 0.25) is 0 Å². The number of likely N-dealkylation sites (N-methyl/N-ethyl adjacent to an activating group) is 1. The summed E-state index contributed by atoms with van der Waals surface area (Å²) >= 11 is 0. The van der Waals surface area contributed by atoms with Crippen LogP contribution in [-0.4, -0.2) is 47.0 Å². The normalized spacial score (nSPS) is 10.9. The van der Waals surface area contributed by atoms with Crippen LogP contribution in [0.5, 0.6) is 11.5 Å². The minimum atomic E-state index is 0.583. The maximum atomic E-state index is 5.86. The van der Waals surface area contributed by atoms with Crippen LogP contribution in [0.1, 0.15) is 5.56 Å². The minimum absolute atomic E-state index is 0.583. The SMILES string of the molecule is COc1ccccc1OCCN(C)Cc1cn(C)nc1-c1cccnc1. The van der Waals surface area contributed by atoms with Gasteiger partial charge in [-0.3, -0.25) is 14.6 Å². The highest BCUT2D eigenvalue weighted by Gasteiger charge is 2.12. The molecular weight excluding hydrogens is 328 g/mol. The maximum absolute atomic E-state index is 5.86. The van der Waals surface area contributed by atoms with Crippen molar-refractivity contribution in [3.05, 3.63) is 60.6 Å². The zero-order valence-electron chi connectivity index (χ0n) is 15.4. The molecule has 0 amide bonds. The lowest BCUT2D eigenvalue weighted by atomic mass is 10.1. The molecule has 0 aliphatic rings. The number of hydrogen-bond donors (Lipinski definition) is 0. The van der Waals surface area contributed by atoms with E-state index in [9.17, 15) is 0 Å². The predicted octanol–water partition coefficient (Wildman–Crippen LogP) is 3.00. The van der Waals surface area contributed by atoms with E-state index in [1.165, 1.54) is 5.56 Å². The molecule has 0 unspecified atom stereocenters. The van der Waals surface area contributed by atoms with Crippen molar-refractivity contribution in [1.29, 1.82) is 0 Å². The van der Waals surface area contributed by atoms with Gasteiger partial charge >= 0.3 is 0 Å². The van der Waals surface area contributed by atoms with Crippen molar-refractivity contribution in [3.63, 3.8) is 0 Å². The fraction of sp³-hybridized carbons (Fsp3) is 0.300. The second-order valence-corrected chi connectivity index (χ2v) is 6.16. The van der Waals surface area contributed by atoms with Gasteiger partial charge in [0.1, 0.15) is 6.61 Å². The molecule has 6 heteroatoms. The monoisotopic (exact) mass is 352 g/mol. The summed E-state index contributed by atoms with van der Waals surface area (Å²) in [5.74, 6) is 1.52. The van der Waals surface area contributed by atoms with Gasteiger partial charge in [-0.25, -0.2) is 0 Å². The molecule has 1 aromatic carbocycles.